The minimum Gasteiger partial charge on any atom is 0 e. The van der Waals surface area contributed by atoms with E-state index >= 15 is 0 Å². The zero-order valence-electron chi connectivity index (χ0n) is 5.14. The molecule has 0 fully saturated rings. The minimum absolute atomic E-state index is 0. The molecule has 5 radical (unpaired) electrons. The van der Waals surface area contributed by atoms with Crippen LogP contribution in [0.3, 0.4) is 0 Å². The maximum Gasteiger partial charge on any atom is 0 e. The van der Waals surface area contributed by atoms with Gasteiger partial charge in [-0.2, -0.15) is 0 Å². The van der Waals surface area contributed by atoms with Crippen LogP contribution in [0.1, 0.15) is 0 Å². The van der Waals surface area contributed by atoms with E-state index in [2.05, 4.69) is 0 Å². The first-order valence-corrected chi connectivity index (χ1v) is 9.51. The first-order chi connectivity index (χ1) is 3.83. The zero-order chi connectivity index (χ0) is 6.83. The molecule has 0 spiro atoms. The summed E-state index contributed by atoms with van der Waals surface area (Å²) in [4.78, 5) is 0. The number of hydrogen-bond acceptors (Lipinski definition) is 1. The molecule has 0 rings (SSSR count). The Bertz CT molecular complexity index is 69.3. The summed E-state index contributed by atoms with van der Waals surface area (Å²) in [5, 5.41) is 7.65. The normalized spacial score (nSPS) is 3.67. The molecule has 0 N–H and O–H groups in total. The van der Waals surface area contributed by atoms with Crippen molar-refractivity contribution in [2.24, 2.45) is 0 Å². The SMILES string of the molecule is [B][B][B]C#N.[Cl][Zn][Cl].[Na]. The van der Waals surface area contributed by atoms with Gasteiger partial charge in [-0.05, 0) is 5.97 Å². The van der Waals surface area contributed by atoms with Crippen molar-refractivity contribution in [3.05, 3.63) is 0 Å². The Kier molecular flexibility index (Phi) is 42.8. The maximum absolute atomic E-state index is 7.65. The van der Waals surface area contributed by atoms with Gasteiger partial charge < -0.3 is 0 Å². The van der Waals surface area contributed by atoms with E-state index in [-0.39, 0.29) is 29.6 Å². The standard InChI is InChI=1S/CB3N.2ClH.Na.Zn/c2-4-3-1-5;;;;/h;2*1H;;/q;;;;+2/p-2. The smallest absolute Gasteiger partial charge is 0 e. The van der Waals surface area contributed by atoms with Crippen molar-refractivity contribution in [2.45, 2.75) is 0 Å². The molecule has 0 saturated heterocycles. The Morgan fingerprint density at radius 1 is 1.56 bits per heavy atom. The molecule has 8 heteroatoms. The van der Waals surface area contributed by atoms with Crippen LogP contribution in [0.2, 0.25) is 0 Å². The average molecular weight is 218 g/mol. The molecule has 0 unspecified atom stereocenters. The largest absolute Gasteiger partial charge is 0 e. The van der Waals surface area contributed by atoms with Crippen LogP contribution in [0.25, 0.3) is 0 Å². The van der Waals surface area contributed by atoms with Gasteiger partial charge in [-0.3, -0.25) is 0 Å². The van der Waals surface area contributed by atoms with Gasteiger partial charge in [-0.15, -0.1) is 0 Å². The predicted octanol–water partition coefficient (Wildman–Crippen LogP) is -0.130. The summed E-state index contributed by atoms with van der Waals surface area (Å²) in [7, 11) is 17.0. The van der Waals surface area contributed by atoms with Gasteiger partial charge in [0.2, 0.25) is 0 Å². The monoisotopic (exact) mass is 216 g/mol. The van der Waals surface area contributed by atoms with Crippen LogP contribution < -0.4 is 0 Å². The molecule has 0 aromatic rings. The molecule has 35 valence electrons. The van der Waals surface area contributed by atoms with Gasteiger partial charge in [-0.1, -0.05) is 0 Å². The molecule has 0 bridgehead atoms. The summed E-state index contributed by atoms with van der Waals surface area (Å²) in [6.07, 6.45) is 0. The molecule has 0 saturated carbocycles. The molecule has 0 aliphatic heterocycles. The zero-order valence-corrected chi connectivity index (χ0v) is 11.6. The Hall–Kier alpha value is 1.89. The van der Waals surface area contributed by atoms with Crippen LogP contribution in [0, 0.1) is 11.2 Å². The van der Waals surface area contributed by atoms with Crippen LogP contribution in [-0.2, 0) is 15.1 Å². The topological polar surface area (TPSA) is 23.8 Å². The quantitative estimate of drug-likeness (QED) is 0.562. The van der Waals surface area contributed by atoms with Crippen molar-refractivity contribution in [1.82, 2.24) is 0 Å². The van der Waals surface area contributed by atoms with E-state index < -0.39 is 15.1 Å². The second-order valence-electron chi connectivity index (χ2n) is 0.589. The molecule has 9 heavy (non-hydrogen) atoms. The van der Waals surface area contributed by atoms with Crippen molar-refractivity contribution >= 4 is 70.9 Å². The van der Waals surface area contributed by atoms with Crippen LogP contribution in [-0.4, -0.2) is 51.5 Å². The number of nitrogens with zero attached hydrogens (tertiary/aromatic N) is 1. The number of nitriles is 1. The Balaban J connectivity index is -0.0000000800. The predicted molar refractivity (Wildman–Crippen MR) is 40.3 cm³/mol. The van der Waals surface area contributed by atoms with Crippen molar-refractivity contribution in [3.8, 4) is 5.97 Å². The van der Waals surface area contributed by atoms with Crippen molar-refractivity contribution in [3.63, 3.8) is 0 Å². The van der Waals surface area contributed by atoms with E-state index in [9.17, 15) is 0 Å². The summed E-state index contributed by atoms with van der Waals surface area (Å²) in [6, 6.07) is 0. The van der Waals surface area contributed by atoms with E-state index in [4.69, 9.17) is 32.4 Å². The minimum atomic E-state index is -0.931. The number of halogens is 2. The van der Waals surface area contributed by atoms with Gasteiger partial charge in [0.1, 0.15) is 0 Å². The summed E-state index contributed by atoms with van der Waals surface area (Å²) in [5.41, 5.74) is 0. The summed E-state index contributed by atoms with van der Waals surface area (Å²) < 4.78 is 0. The van der Waals surface area contributed by atoms with Crippen molar-refractivity contribution < 1.29 is 15.1 Å². The second kappa shape index (κ2) is 22.5. The Morgan fingerprint density at radius 2 is 1.89 bits per heavy atom. The van der Waals surface area contributed by atoms with Gasteiger partial charge >= 0.3 is 34.5 Å². The van der Waals surface area contributed by atoms with E-state index in [0.29, 0.717) is 0 Å². The molecule has 0 aromatic heterocycles. The van der Waals surface area contributed by atoms with Crippen LogP contribution >= 0.6 is 19.4 Å². The summed E-state index contributed by atoms with van der Waals surface area (Å²) in [5.74, 6) is 1.71. The van der Waals surface area contributed by atoms with E-state index in [1.165, 1.54) is 14.2 Å². The van der Waals surface area contributed by atoms with E-state index in [1.807, 2.05) is 0 Å². The molecule has 0 amide bonds. The van der Waals surface area contributed by atoms with Crippen molar-refractivity contribution in [1.29, 1.82) is 5.26 Å². The Labute approximate surface area is 96.1 Å². The fourth-order valence-corrected chi connectivity index (χ4v) is 0.0430. The maximum atomic E-state index is 7.65. The number of rotatable bonds is 1. The van der Waals surface area contributed by atoms with Gasteiger partial charge in [0.05, 0.1) is 0 Å². The van der Waals surface area contributed by atoms with Crippen LogP contribution in [0.5, 0.6) is 0 Å². The summed E-state index contributed by atoms with van der Waals surface area (Å²) in [6.45, 7) is 0. The molecular weight excluding hydrogens is 218 g/mol. The van der Waals surface area contributed by atoms with Gasteiger partial charge in [-0.25, -0.2) is 5.26 Å². The molecule has 0 atom stereocenters. The third-order valence-corrected chi connectivity index (χ3v) is 0.171. The first-order valence-electron chi connectivity index (χ1n) is 1.71. The average Bonchev–Trinajstić information content (AvgIpc) is 1.71. The van der Waals surface area contributed by atoms with Gasteiger partial charge in [0.15, 0.2) is 7.17 Å². The van der Waals surface area contributed by atoms with Gasteiger partial charge in [0, 0.05) is 44.4 Å². The van der Waals surface area contributed by atoms with Crippen LogP contribution in [0.15, 0.2) is 0 Å². The third kappa shape index (κ3) is 40.7. The fraction of sp³-hybridized carbons (Fsp3) is 0. The number of hydrogen-bond donors (Lipinski definition) is 0. The van der Waals surface area contributed by atoms with E-state index in [1.54, 1.807) is 5.97 Å². The Morgan fingerprint density at radius 3 is 1.89 bits per heavy atom. The third-order valence-electron chi connectivity index (χ3n) is 0.171. The van der Waals surface area contributed by atoms with Crippen LogP contribution in [0.4, 0.5) is 0 Å². The molecule has 0 aliphatic rings. The molecule has 0 heterocycles. The molecule has 1 nitrogen and oxygen atoms in total. The fourth-order valence-electron chi connectivity index (χ4n) is 0.0430. The summed E-state index contributed by atoms with van der Waals surface area (Å²) >= 11 is -0.931. The van der Waals surface area contributed by atoms with Gasteiger partial charge in [0.25, 0.3) is 0 Å². The molecular formula is CB3Cl2NNaZn. The molecule has 0 aromatic carbocycles. The van der Waals surface area contributed by atoms with Crippen molar-refractivity contribution in [2.75, 3.05) is 0 Å². The second-order valence-corrected chi connectivity index (χ2v) is 5.21. The first kappa shape index (κ1) is 17.1. The van der Waals surface area contributed by atoms with E-state index in [0.717, 1.165) is 0 Å². The molecule has 0 aliphatic carbocycles.